The van der Waals surface area contributed by atoms with Crippen molar-refractivity contribution in [3.8, 4) is 5.75 Å². The van der Waals surface area contributed by atoms with Crippen LogP contribution >= 0.6 is 0 Å². The molecule has 1 unspecified atom stereocenters. The van der Waals surface area contributed by atoms with E-state index in [1.54, 1.807) is 17.6 Å². The molecule has 29 heavy (non-hydrogen) atoms. The summed E-state index contributed by atoms with van der Waals surface area (Å²) in [6, 6.07) is 6.26. The van der Waals surface area contributed by atoms with Gasteiger partial charge in [0.05, 0.1) is 11.5 Å². The lowest BCUT2D eigenvalue weighted by molar-refractivity contribution is -0.132. The third kappa shape index (κ3) is 4.29. The van der Waals surface area contributed by atoms with Crippen LogP contribution < -0.4 is 15.5 Å². The fourth-order valence-corrected chi connectivity index (χ4v) is 6.74. The van der Waals surface area contributed by atoms with E-state index in [1.165, 1.54) is 12.1 Å². The molecule has 7 nitrogen and oxygen atoms in total. The minimum absolute atomic E-state index is 0.0864. The summed E-state index contributed by atoms with van der Waals surface area (Å²) in [5.74, 6) is 0.299. The Morgan fingerprint density at radius 3 is 2.41 bits per heavy atom. The number of hydrogen-bond acceptors (Lipinski definition) is 6. The summed E-state index contributed by atoms with van der Waals surface area (Å²) < 4.78 is 31.2. The molecule has 1 aliphatic heterocycles. The van der Waals surface area contributed by atoms with Crippen LogP contribution in [0.1, 0.15) is 52.4 Å². The van der Waals surface area contributed by atoms with Gasteiger partial charge in [0.25, 0.3) is 5.91 Å². The van der Waals surface area contributed by atoms with Gasteiger partial charge in [-0.15, -0.1) is 0 Å². The maximum Gasteiger partial charge on any atom is 0.265 e. The van der Waals surface area contributed by atoms with Crippen LogP contribution in [0.3, 0.4) is 0 Å². The first-order valence-electron chi connectivity index (χ1n) is 10.4. The number of benzene rings is 1. The van der Waals surface area contributed by atoms with E-state index >= 15 is 0 Å². The van der Waals surface area contributed by atoms with Crippen LogP contribution in [0.5, 0.6) is 5.75 Å². The fraction of sp³-hybridized carbons (Fsp3) is 0.667. The zero-order valence-electron chi connectivity index (χ0n) is 17.2. The molecule has 2 fully saturated rings. The number of hydrogen-bond donors (Lipinski definition) is 3. The van der Waals surface area contributed by atoms with E-state index in [4.69, 9.17) is 4.74 Å². The molecule has 1 saturated carbocycles. The average Bonchev–Trinajstić information content (AvgIpc) is 3.08. The predicted molar refractivity (Wildman–Crippen MR) is 110 cm³/mol. The first kappa shape index (κ1) is 22.1. The van der Waals surface area contributed by atoms with Gasteiger partial charge in [0, 0.05) is 0 Å². The van der Waals surface area contributed by atoms with Gasteiger partial charge >= 0.3 is 0 Å². The normalized spacial score (nSPS) is 24.0. The van der Waals surface area contributed by atoms with Crippen molar-refractivity contribution in [1.29, 1.82) is 0 Å². The zero-order chi connectivity index (χ0) is 21.1. The van der Waals surface area contributed by atoms with E-state index in [0.29, 0.717) is 24.7 Å². The molecule has 2 aliphatic rings. The quantitative estimate of drug-likeness (QED) is 0.459. The lowest BCUT2D eigenvalue weighted by atomic mass is 9.77. The summed E-state index contributed by atoms with van der Waals surface area (Å²) in [7, 11) is -3.99. The number of hydroxylamine groups is 1. The molecule has 1 aromatic carbocycles. The maximum atomic E-state index is 13.6. The number of amides is 1. The molecule has 1 saturated heterocycles. The van der Waals surface area contributed by atoms with Crippen LogP contribution in [-0.2, 0) is 14.6 Å². The smallest absolute Gasteiger partial charge is 0.265 e. The third-order valence-corrected chi connectivity index (χ3v) is 8.97. The summed E-state index contributed by atoms with van der Waals surface area (Å²) >= 11 is 0. The second-order valence-corrected chi connectivity index (χ2v) is 11.1. The van der Waals surface area contributed by atoms with Gasteiger partial charge in [0.1, 0.15) is 5.75 Å². The Balaban J connectivity index is 1.85. The van der Waals surface area contributed by atoms with E-state index in [2.05, 4.69) is 19.2 Å². The molecule has 0 aromatic heterocycles. The van der Waals surface area contributed by atoms with Crippen LogP contribution in [0.15, 0.2) is 29.2 Å². The lowest BCUT2D eigenvalue weighted by Crippen LogP contribution is -2.51. The number of ether oxygens (including phenoxy) is 1. The van der Waals surface area contributed by atoms with Gasteiger partial charge in [-0.3, -0.25) is 10.0 Å². The molecule has 1 aromatic rings. The van der Waals surface area contributed by atoms with Gasteiger partial charge in [-0.1, -0.05) is 13.8 Å². The molecular weight excluding hydrogens is 392 g/mol. The Morgan fingerprint density at radius 1 is 1.17 bits per heavy atom. The van der Waals surface area contributed by atoms with Crippen LogP contribution in [0.4, 0.5) is 0 Å². The van der Waals surface area contributed by atoms with Crippen LogP contribution in [-0.4, -0.2) is 44.0 Å². The molecule has 1 aliphatic carbocycles. The summed E-state index contributed by atoms with van der Waals surface area (Å²) in [5.41, 5.74) is 1.46. The third-order valence-electron chi connectivity index (χ3n) is 6.51. The number of sulfone groups is 1. The maximum absolute atomic E-state index is 13.6. The standard InChI is InChI=1S/C21H32N2O5S/c1-16(2)7-14-28-17-3-5-18(6-4-17)29(26,27)21(19(24)23-25)9-8-20(15-21)10-12-22-13-11-20/h3-6,16,22,25H,7-15H2,1-2H3,(H,23,24). The Morgan fingerprint density at radius 2 is 1.83 bits per heavy atom. The van der Waals surface area contributed by atoms with Crippen molar-refractivity contribution in [2.75, 3.05) is 19.7 Å². The van der Waals surface area contributed by atoms with Gasteiger partial charge in [-0.25, -0.2) is 13.9 Å². The Labute approximate surface area is 173 Å². The predicted octanol–water partition coefficient (Wildman–Crippen LogP) is 2.68. The minimum atomic E-state index is -3.99. The van der Waals surface area contributed by atoms with E-state index in [1.807, 2.05) is 0 Å². The molecule has 3 rings (SSSR count). The topological polar surface area (TPSA) is 105 Å². The van der Waals surface area contributed by atoms with Crippen LogP contribution in [0.2, 0.25) is 0 Å². The van der Waals surface area contributed by atoms with Gasteiger partial charge in [0.15, 0.2) is 14.6 Å². The second kappa shape index (κ2) is 8.62. The van der Waals surface area contributed by atoms with Crippen LogP contribution in [0, 0.1) is 11.3 Å². The highest BCUT2D eigenvalue weighted by Gasteiger charge is 2.60. The summed E-state index contributed by atoms with van der Waals surface area (Å²) in [6.45, 7) is 6.43. The lowest BCUT2D eigenvalue weighted by Gasteiger charge is -2.36. The Hall–Kier alpha value is -1.64. The van der Waals surface area contributed by atoms with Gasteiger partial charge in [-0.2, -0.15) is 0 Å². The first-order chi connectivity index (χ1) is 13.7. The summed E-state index contributed by atoms with van der Waals surface area (Å²) in [5, 5.41) is 12.6. The molecule has 1 spiro atoms. The molecule has 3 N–H and O–H groups in total. The SMILES string of the molecule is CC(C)CCOc1ccc(S(=O)(=O)C2(C(=O)NO)CCC3(CCNCC3)C2)cc1. The van der Waals surface area contributed by atoms with Crippen molar-refractivity contribution in [2.24, 2.45) is 11.3 Å². The van der Waals surface area contributed by atoms with Crippen LogP contribution in [0.25, 0.3) is 0 Å². The molecular formula is C21H32N2O5S. The molecule has 0 radical (unpaired) electrons. The van der Waals surface area contributed by atoms with E-state index in [0.717, 1.165) is 32.4 Å². The van der Waals surface area contributed by atoms with E-state index < -0.39 is 20.5 Å². The van der Waals surface area contributed by atoms with Gasteiger partial charge in [0.2, 0.25) is 0 Å². The minimum Gasteiger partial charge on any atom is -0.494 e. The van der Waals surface area contributed by atoms with Crippen molar-refractivity contribution in [3.05, 3.63) is 24.3 Å². The highest BCUT2D eigenvalue weighted by atomic mass is 32.2. The molecule has 1 heterocycles. The molecule has 8 heteroatoms. The number of carbonyl (C=O) groups is 1. The monoisotopic (exact) mass is 424 g/mol. The summed E-state index contributed by atoms with van der Waals surface area (Å²) in [6.07, 6.45) is 3.71. The van der Waals surface area contributed by atoms with Gasteiger partial charge < -0.3 is 10.1 Å². The fourth-order valence-electron chi connectivity index (χ4n) is 4.63. The first-order valence-corrected chi connectivity index (χ1v) is 11.9. The van der Waals surface area contributed by atoms with Crippen molar-refractivity contribution in [3.63, 3.8) is 0 Å². The highest BCUT2D eigenvalue weighted by molar-refractivity contribution is 7.93. The molecule has 162 valence electrons. The van der Waals surface area contributed by atoms with Gasteiger partial charge in [-0.05, 0) is 87.2 Å². The largest absolute Gasteiger partial charge is 0.494 e. The van der Waals surface area contributed by atoms with Crippen molar-refractivity contribution in [1.82, 2.24) is 10.8 Å². The number of piperidine rings is 1. The van der Waals surface area contributed by atoms with Crippen molar-refractivity contribution < 1.29 is 23.2 Å². The molecule has 1 atom stereocenters. The van der Waals surface area contributed by atoms with E-state index in [9.17, 15) is 18.4 Å². The van der Waals surface area contributed by atoms with Crippen molar-refractivity contribution in [2.45, 2.75) is 62.0 Å². The van der Waals surface area contributed by atoms with Crippen molar-refractivity contribution >= 4 is 15.7 Å². The number of nitrogens with one attached hydrogen (secondary N) is 2. The Bertz CT molecular complexity index is 816. The number of rotatable bonds is 7. The summed E-state index contributed by atoms with van der Waals surface area (Å²) in [4.78, 5) is 12.8. The zero-order valence-corrected chi connectivity index (χ0v) is 18.1. The number of carbonyl (C=O) groups excluding carboxylic acids is 1. The molecule has 1 amide bonds. The average molecular weight is 425 g/mol. The molecule has 0 bridgehead atoms. The highest BCUT2D eigenvalue weighted by Crippen LogP contribution is 2.54. The van der Waals surface area contributed by atoms with E-state index in [-0.39, 0.29) is 23.2 Å². The second-order valence-electron chi connectivity index (χ2n) is 8.87. The Kier molecular flexibility index (Phi) is 6.55.